The molecule has 13 heteroatoms. The Kier molecular flexibility index (Phi) is 10.4. The van der Waals surface area contributed by atoms with E-state index in [1.54, 1.807) is 51.1 Å². The van der Waals surface area contributed by atoms with Gasteiger partial charge in [-0.1, -0.05) is 57.9 Å². The highest BCUT2D eigenvalue weighted by atomic mass is 79.9. The van der Waals surface area contributed by atoms with Crippen LogP contribution in [-0.4, -0.2) is 43.3 Å². The monoisotopic (exact) mass is 687 g/mol. The minimum atomic E-state index is -4.81. The van der Waals surface area contributed by atoms with Crippen LogP contribution in [0.25, 0.3) is 0 Å². The fourth-order valence-corrected chi connectivity index (χ4v) is 5.94. The van der Waals surface area contributed by atoms with Crippen molar-refractivity contribution in [3.63, 3.8) is 0 Å². The normalized spacial score (nSPS) is 12.9. The number of sulfonamides is 1. The van der Waals surface area contributed by atoms with Gasteiger partial charge in [-0.2, -0.15) is 13.2 Å². The van der Waals surface area contributed by atoms with Gasteiger partial charge in [0.1, 0.15) is 12.6 Å². The van der Waals surface area contributed by atoms with Crippen LogP contribution in [0.5, 0.6) is 0 Å². The number of nitrogens with zero attached hydrogens (tertiary/aromatic N) is 2. The number of anilines is 1. The Morgan fingerprint density at radius 2 is 1.57 bits per heavy atom. The molecule has 3 rings (SSSR count). The average molecular weight is 689 g/mol. The van der Waals surface area contributed by atoms with Crippen LogP contribution in [0.15, 0.2) is 82.2 Å². The number of hydrogen-bond acceptors (Lipinski definition) is 4. The highest BCUT2D eigenvalue weighted by Crippen LogP contribution is 2.37. The lowest BCUT2D eigenvalue weighted by atomic mass is 10.1. The Hall–Kier alpha value is -3.09. The molecule has 0 aliphatic carbocycles. The average Bonchev–Trinajstić information content (AvgIpc) is 2.90. The summed E-state index contributed by atoms with van der Waals surface area (Å²) in [5.74, 6) is -1.33. The van der Waals surface area contributed by atoms with Crippen LogP contribution in [-0.2, 0) is 32.3 Å². The number of alkyl halides is 3. The van der Waals surface area contributed by atoms with Crippen molar-refractivity contribution < 1.29 is 31.2 Å². The maximum absolute atomic E-state index is 13.9. The highest BCUT2D eigenvalue weighted by Gasteiger charge is 2.36. The van der Waals surface area contributed by atoms with Gasteiger partial charge < -0.3 is 10.2 Å². The van der Waals surface area contributed by atoms with Crippen LogP contribution in [0.2, 0.25) is 5.02 Å². The van der Waals surface area contributed by atoms with Crippen LogP contribution < -0.4 is 9.62 Å². The smallest absolute Gasteiger partial charge is 0.350 e. The third-order valence-corrected chi connectivity index (χ3v) is 8.71. The van der Waals surface area contributed by atoms with Crippen LogP contribution in [0, 0.1) is 0 Å². The van der Waals surface area contributed by atoms with Gasteiger partial charge in [-0.05, 0) is 75.7 Å². The maximum atomic E-state index is 13.9. The van der Waals surface area contributed by atoms with Gasteiger partial charge in [0.2, 0.25) is 11.8 Å². The number of carbonyl (C=O) groups excluding carboxylic acids is 2. The molecule has 0 spiro atoms. The van der Waals surface area contributed by atoms with Gasteiger partial charge in [0.25, 0.3) is 10.0 Å². The predicted molar refractivity (Wildman–Crippen MR) is 159 cm³/mol. The van der Waals surface area contributed by atoms with Crippen molar-refractivity contribution in [3.05, 3.63) is 93.4 Å². The van der Waals surface area contributed by atoms with E-state index in [-0.39, 0.29) is 16.5 Å². The standard InChI is InChI=1S/C29H30BrClF3N3O4S/c1-19(27(39)35-28(2,3)4)36(17-20-10-13-22(30)14-11-20)26(38)18-37(42(40,41)23-8-6-5-7-9-23)25-16-21(29(32,33)34)12-15-24(25)31/h5-16,19H,17-18H2,1-4H3,(H,35,39). The summed E-state index contributed by atoms with van der Waals surface area (Å²) in [7, 11) is -4.59. The molecule has 226 valence electrons. The lowest BCUT2D eigenvalue weighted by Gasteiger charge is -2.33. The summed E-state index contributed by atoms with van der Waals surface area (Å²) in [5.41, 5.74) is -1.67. The molecule has 42 heavy (non-hydrogen) atoms. The molecule has 1 unspecified atom stereocenters. The largest absolute Gasteiger partial charge is 0.416 e. The summed E-state index contributed by atoms with van der Waals surface area (Å²) >= 11 is 9.61. The Balaban J connectivity index is 2.13. The zero-order valence-corrected chi connectivity index (χ0v) is 26.4. The Bertz CT molecular complexity index is 1530. The van der Waals surface area contributed by atoms with Crippen LogP contribution in [0.1, 0.15) is 38.8 Å². The summed E-state index contributed by atoms with van der Waals surface area (Å²) in [5, 5.41) is 2.49. The van der Waals surface area contributed by atoms with Crippen molar-refractivity contribution in [2.24, 2.45) is 0 Å². The van der Waals surface area contributed by atoms with Gasteiger partial charge in [-0.3, -0.25) is 13.9 Å². The maximum Gasteiger partial charge on any atom is 0.416 e. The van der Waals surface area contributed by atoms with Crippen LogP contribution >= 0.6 is 27.5 Å². The van der Waals surface area contributed by atoms with Gasteiger partial charge >= 0.3 is 6.18 Å². The van der Waals surface area contributed by atoms with E-state index in [2.05, 4.69) is 21.2 Å². The van der Waals surface area contributed by atoms with E-state index < -0.39 is 57.4 Å². The molecule has 2 amide bonds. The molecule has 0 heterocycles. The molecular weight excluding hydrogens is 659 g/mol. The Morgan fingerprint density at radius 3 is 2.12 bits per heavy atom. The van der Waals surface area contributed by atoms with Crippen LogP contribution in [0.3, 0.4) is 0 Å². The van der Waals surface area contributed by atoms with Crippen molar-refractivity contribution >= 4 is 55.1 Å². The molecule has 3 aromatic carbocycles. The minimum absolute atomic E-state index is 0.0829. The number of nitrogens with one attached hydrogen (secondary N) is 1. The van der Waals surface area contributed by atoms with Gasteiger partial charge in [0.15, 0.2) is 0 Å². The van der Waals surface area contributed by atoms with Gasteiger partial charge in [0, 0.05) is 16.6 Å². The van der Waals surface area contributed by atoms with Gasteiger partial charge in [-0.25, -0.2) is 8.42 Å². The number of halogens is 5. The molecule has 0 aromatic heterocycles. The molecule has 7 nitrogen and oxygen atoms in total. The number of amides is 2. The minimum Gasteiger partial charge on any atom is -0.350 e. The number of benzene rings is 3. The van der Waals surface area contributed by atoms with E-state index in [4.69, 9.17) is 11.6 Å². The first-order valence-corrected chi connectivity index (χ1v) is 15.3. The molecule has 0 saturated carbocycles. The first-order chi connectivity index (χ1) is 19.4. The molecule has 0 radical (unpaired) electrons. The second kappa shape index (κ2) is 13.0. The SMILES string of the molecule is CC(C(=O)NC(C)(C)C)N(Cc1ccc(Br)cc1)C(=O)CN(c1cc(C(F)(F)F)ccc1Cl)S(=O)(=O)c1ccccc1. The van der Waals surface area contributed by atoms with E-state index in [9.17, 15) is 31.2 Å². The number of hydrogen-bond donors (Lipinski definition) is 1. The van der Waals surface area contributed by atoms with E-state index >= 15 is 0 Å². The summed E-state index contributed by atoms with van der Waals surface area (Å²) in [6, 6.07) is 15.1. The Morgan fingerprint density at radius 1 is 0.976 bits per heavy atom. The second-order valence-electron chi connectivity index (χ2n) is 10.6. The van der Waals surface area contributed by atoms with Gasteiger partial charge in [-0.15, -0.1) is 0 Å². The number of rotatable bonds is 9. The van der Waals surface area contributed by atoms with Crippen molar-refractivity contribution in [2.75, 3.05) is 10.8 Å². The van der Waals surface area contributed by atoms with E-state index in [1.807, 2.05) is 0 Å². The third-order valence-electron chi connectivity index (χ3n) is 6.08. The molecule has 0 saturated heterocycles. The molecular formula is C29H30BrClF3N3O4S. The third kappa shape index (κ3) is 8.48. The predicted octanol–water partition coefficient (Wildman–Crippen LogP) is 6.65. The first kappa shape index (κ1) is 33.4. The van der Waals surface area contributed by atoms with E-state index in [0.29, 0.717) is 15.9 Å². The van der Waals surface area contributed by atoms with Crippen LogP contribution in [0.4, 0.5) is 18.9 Å². The summed E-state index contributed by atoms with van der Waals surface area (Å²) in [6.45, 7) is 5.78. The van der Waals surface area contributed by atoms with Crippen molar-refractivity contribution in [1.82, 2.24) is 10.2 Å². The van der Waals surface area contributed by atoms with Crippen molar-refractivity contribution in [2.45, 2.75) is 56.9 Å². The zero-order chi connectivity index (χ0) is 31.5. The quantitative estimate of drug-likeness (QED) is 0.273. The molecule has 0 bridgehead atoms. The topological polar surface area (TPSA) is 86.8 Å². The molecule has 0 aliphatic heterocycles. The van der Waals surface area contributed by atoms with E-state index in [1.165, 1.54) is 36.1 Å². The lowest BCUT2D eigenvalue weighted by molar-refractivity contribution is -0.140. The fraction of sp³-hybridized carbons (Fsp3) is 0.310. The lowest BCUT2D eigenvalue weighted by Crippen LogP contribution is -2.54. The summed E-state index contributed by atoms with van der Waals surface area (Å²) in [4.78, 5) is 28.0. The van der Waals surface area contributed by atoms with Gasteiger partial charge in [0.05, 0.1) is 21.2 Å². The molecule has 0 fully saturated rings. The number of carbonyl (C=O) groups is 2. The highest BCUT2D eigenvalue weighted by molar-refractivity contribution is 9.10. The molecule has 0 aliphatic rings. The fourth-order valence-electron chi connectivity index (χ4n) is 3.96. The summed E-state index contributed by atoms with van der Waals surface area (Å²) in [6.07, 6.45) is -4.81. The van der Waals surface area contributed by atoms with E-state index in [0.717, 1.165) is 16.6 Å². The van der Waals surface area contributed by atoms with Crippen molar-refractivity contribution in [3.8, 4) is 0 Å². The second-order valence-corrected chi connectivity index (χ2v) is 13.7. The Labute approximate surface area is 256 Å². The molecule has 1 atom stereocenters. The molecule has 1 N–H and O–H groups in total. The molecule has 3 aromatic rings. The first-order valence-electron chi connectivity index (χ1n) is 12.7. The van der Waals surface area contributed by atoms with Crippen molar-refractivity contribution in [1.29, 1.82) is 0 Å². The summed E-state index contributed by atoms with van der Waals surface area (Å²) < 4.78 is 69.9. The zero-order valence-electron chi connectivity index (χ0n) is 23.2.